The zero-order valence-electron chi connectivity index (χ0n) is 14.8. The van der Waals surface area contributed by atoms with Crippen LogP contribution < -0.4 is 0 Å². The smallest absolute Gasteiger partial charge is 0.336 e. The molecule has 1 aromatic carbocycles. The van der Waals surface area contributed by atoms with Gasteiger partial charge in [-0.15, -0.1) is 0 Å². The second-order valence-electron chi connectivity index (χ2n) is 6.56. The predicted octanol–water partition coefficient (Wildman–Crippen LogP) is 2.71. The molecule has 0 aliphatic carbocycles. The Bertz CT molecular complexity index is 792. The number of amides is 1. The van der Waals surface area contributed by atoms with E-state index in [2.05, 4.69) is 10.00 Å². The van der Waals surface area contributed by atoms with Crippen LogP contribution in [0.25, 0.3) is 0 Å². The summed E-state index contributed by atoms with van der Waals surface area (Å²) in [6.45, 7) is 5.06. The fraction of sp³-hybridized carbons (Fsp3) is 0.444. The van der Waals surface area contributed by atoms with E-state index in [-0.39, 0.29) is 11.5 Å². The average Bonchev–Trinajstić information content (AvgIpc) is 2.91. The van der Waals surface area contributed by atoms with Gasteiger partial charge in [0.15, 0.2) is 0 Å². The van der Waals surface area contributed by atoms with Gasteiger partial charge in [0.2, 0.25) is 0 Å². The second-order valence-corrected chi connectivity index (χ2v) is 6.56. The summed E-state index contributed by atoms with van der Waals surface area (Å²) in [7, 11) is 1.88. The van der Waals surface area contributed by atoms with E-state index in [1.165, 1.54) is 12.1 Å². The number of piperazine rings is 1. The molecule has 0 atom stereocenters. The predicted molar refractivity (Wildman–Crippen MR) is 90.6 cm³/mol. The Hall–Kier alpha value is -2.35. The van der Waals surface area contributed by atoms with Crippen LogP contribution in [0.15, 0.2) is 30.5 Å². The third kappa shape index (κ3) is 4.07. The van der Waals surface area contributed by atoms with Gasteiger partial charge in [0, 0.05) is 57.1 Å². The monoisotopic (exact) mass is 366 g/mol. The molecule has 1 aliphatic heterocycles. The molecule has 2 heterocycles. The number of nitrogens with zero attached hydrogens (tertiary/aromatic N) is 4. The van der Waals surface area contributed by atoms with Gasteiger partial charge in [-0.25, -0.2) is 0 Å². The number of benzene rings is 1. The maximum atomic E-state index is 12.8. The highest BCUT2D eigenvalue weighted by molar-refractivity contribution is 5.94. The summed E-state index contributed by atoms with van der Waals surface area (Å²) >= 11 is 0. The molecule has 0 unspecified atom stereocenters. The van der Waals surface area contributed by atoms with Crippen molar-refractivity contribution in [2.45, 2.75) is 19.6 Å². The summed E-state index contributed by atoms with van der Waals surface area (Å²) in [6, 6.07) is 4.61. The van der Waals surface area contributed by atoms with Crippen molar-refractivity contribution in [3.63, 3.8) is 0 Å². The first-order chi connectivity index (χ1) is 12.2. The lowest BCUT2D eigenvalue weighted by Gasteiger charge is -2.34. The maximum absolute atomic E-state index is 12.8. The molecule has 0 N–H and O–H groups in total. The quantitative estimate of drug-likeness (QED) is 0.839. The molecule has 1 fully saturated rings. The average molecular weight is 366 g/mol. The highest BCUT2D eigenvalue weighted by Gasteiger charge is 2.31. The van der Waals surface area contributed by atoms with Gasteiger partial charge in [-0.3, -0.25) is 14.4 Å². The number of hydrogen-bond donors (Lipinski definition) is 0. The third-order valence-electron chi connectivity index (χ3n) is 4.61. The molecular formula is C18H21F3N4O. The van der Waals surface area contributed by atoms with Gasteiger partial charge in [-0.2, -0.15) is 18.3 Å². The van der Waals surface area contributed by atoms with Crippen LogP contribution >= 0.6 is 0 Å². The summed E-state index contributed by atoms with van der Waals surface area (Å²) in [5.74, 6) is -0.353. The Morgan fingerprint density at radius 3 is 2.46 bits per heavy atom. The van der Waals surface area contributed by atoms with Gasteiger partial charge in [0.25, 0.3) is 5.91 Å². The molecule has 1 amide bonds. The fourth-order valence-electron chi connectivity index (χ4n) is 3.16. The summed E-state index contributed by atoms with van der Waals surface area (Å²) in [5.41, 5.74) is 1.41. The molecule has 26 heavy (non-hydrogen) atoms. The topological polar surface area (TPSA) is 41.4 Å². The fourth-order valence-corrected chi connectivity index (χ4v) is 3.16. The lowest BCUT2D eigenvalue weighted by atomic mass is 10.1. The van der Waals surface area contributed by atoms with Crippen molar-refractivity contribution in [2.75, 3.05) is 26.2 Å². The van der Waals surface area contributed by atoms with Crippen LogP contribution in [0.4, 0.5) is 13.2 Å². The number of alkyl halides is 3. The van der Waals surface area contributed by atoms with E-state index in [1.54, 1.807) is 9.58 Å². The molecule has 0 spiro atoms. The lowest BCUT2D eigenvalue weighted by molar-refractivity contribution is -0.137. The van der Waals surface area contributed by atoms with Crippen molar-refractivity contribution in [2.24, 2.45) is 7.05 Å². The van der Waals surface area contributed by atoms with Gasteiger partial charge in [-0.05, 0) is 25.1 Å². The molecule has 0 radical (unpaired) electrons. The highest BCUT2D eigenvalue weighted by atomic mass is 19.4. The molecule has 0 saturated carbocycles. The van der Waals surface area contributed by atoms with Crippen LogP contribution in [-0.2, 0) is 19.8 Å². The van der Waals surface area contributed by atoms with Crippen molar-refractivity contribution in [1.82, 2.24) is 19.6 Å². The zero-order chi connectivity index (χ0) is 18.9. The summed E-state index contributed by atoms with van der Waals surface area (Å²) < 4.78 is 40.3. The van der Waals surface area contributed by atoms with Gasteiger partial charge >= 0.3 is 6.18 Å². The van der Waals surface area contributed by atoms with Crippen LogP contribution in [-0.4, -0.2) is 51.7 Å². The Morgan fingerprint density at radius 2 is 1.88 bits per heavy atom. The van der Waals surface area contributed by atoms with E-state index in [0.29, 0.717) is 26.2 Å². The molecule has 5 nitrogen and oxygen atoms in total. The number of aromatic nitrogens is 2. The Balaban J connectivity index is 1.61. The maximum Gasteiger partial charge on any atom is 0.416 e. The van der Waals surface area contributed by atoms with Gasteiger partial charge in [-0.1, -0.05) is 6.07 Å². The molecule has 0 bridgehead atoms. The van der Waals surface area contributed by atoms with Crippen molar-refractivity contribution in [3.8, 4) is 0 Å². The van der Waals surface area contributed by atoms with Gasteiger partial charge < -0.3 is 4.90 Å². The molecule has 1 aliphatic rings. The van der Waals surface area contributed by atoms with Crippen LogP contribution in [0.1, 0.15) is 27.2 Å². The van der Waals surface area contributed by atoms with E-state index in [1.807, 2.05) is 20.2 Å². The third-order valence-corrected chi connectivity index (χ3v) is 4.61. The summed E-state index contributed by atoms with van der Waals surface area (Å²) in [6.07, 6.45) is -2.47. The summed E-state index contributed by atoms with van der Waals surface area (Å²) in [5, 5.41) is 4.32. The SMILES string of the molecule is Cc1nn(C)cc1CN1CCN(C(=O)c2cccc(C(F)(F)F)c2)CC1. The first-order valence-electron chi connectivity index (χ1n) is 8.42. The van der Waals surface area contributed by atoms with E-state index in [4.69, 9.17) is 0 Å². The number of carbonyl (C=O) groups is 1. The molecule has 1 aromatic heterocycles. The van der Waals surface area contributed by atoms with Gasteiger partial charge in [0.1, 0.15) is 0 Å². The normalized spacial score (nSPS) is 16.1. The van der Waals surface area contributed by atoms with Crippen molar-refractivity contribution >= 4 is 5.91 Å². The number of rotatable bonds is 3. The van der Waals surface area contributed by atoms with Crippen LogP contribution in [0, 0.1) is 6.92 Å². The zero-order valence-corrected chi connectivity index (χ0v) is 14.8. The standard InChI is InChI=1S/C18H21F3N4O/c1-13-15(11-23(2)22-13)12-24-6-8-25(9-7-24)17(26)14-4-3-5-16(10-14)18(19,20)21/h3-5,10-11H,6-9,12H2,1-2H3. The Kier molecular flexibility index (Phi) is 5.04. The van der Waals surface area contributed by atoms with Gasteiger partial charge in [0.05, 0.1) is 11.3 Å². The first kappa shape index (κ1) is 18.4. The molecule has 140 valence electrons. The largest absolute Gasteiger partial charge is 0.416 e. The minimum Gasteiger partial charge on any atom is -0.336 e. The molecule has 3 rings (SSSR count). The van der Waals surface area contributed by atoms with E-state index in [9.17, 15) is 18.0 Å². The van der Waals surface area contributed by atoms with E-state index < -0.39 is 11.7 Å². The van der Waals surface area contributed by atoms with Crippen molar-refractivity contribution in [3.05, 3.63) is 52.8 Å². The molecule has 2 aromatic rings. The minimum atomic E-state index is -4.45. The molecular weight excluding hydrogens is 345 g/mol. The molecule has 8 heteroatoms. The Labute approximate surface area is 150 Å². The molecule has 1 saturated heterocycles. The minimum absolute atomic E-state index is 0.0800. The van der Waals surface area contributed by atoms with Crippen molar-refractivity contribution in [1.29, 1.82) is 0 Å². The number of hydrogen-bond acceptors (Lipinski definition) is 3. The van der Waals surface area contributed by atoms with Crippen LogP contribution in [0.5, 0.6) is 0 Å². The second kappa shape index (κ2) is 7.11. The van der Waals surface area contributed by atoms with E-state index >= 15 is 0 Å². The number of aryl methyl sites for hydroxylation is 2. The van der Waals surface area contributed by atoms with Crippen LogP contribution in [0.2, 0.25) is 0 Å². The van der Waals surface area contributed by atoms with E-state index in [0.717, 1.165) is 29.9 Å². The highest BCUT2D eigenvalue weighted by Crippen LogP contribution is 2.29. The number of carbonyl (C=O) groups excluding carboxylic acids is 1. The Morgan fingerprint density at radius 1 is 1.19 bits per heavy atom. The van der Waals surface area contributed by atoms with Crippen LogP contribution in [0.3, 0.4) is 0 Å². The first-order valence-corrected chi connectivity index (χ1v) is 8.42. The summed E-state index contributed by atoms with van der Waals surface area (Å²) in [4.78, 5) is 16.4. The number of halogens is 3. The van der Waals surface area contributed by atoms with Crippen molar-refractivity contribution < 1.29 is 18.0 Å². The lowest BCUT2D eigenvalue weighted by Crippen LogP contribution is -2.48.